The number of nitriles is 1. The fourth-order valence-electron chi connectivity index (χ4n) is 2.73. The summed E-state index contributed by atoms with van der Waals surface area (Å²) in [4.78, 5) is 25.5. The van der Waals surface area contributed by atoms with Crippen LogP contribution in [0.3, 0.4) is 0 Å². The molecular weight excluding hydrogens is 398 g/mol. The van der Waals surface area contributed by atoms with E-state index < -0.39 is 27.9 Å². The number of thiocyanates is 1. The first-order chi connectivity index (χ1) is 12.2. The van der Waals surface area contributed by atoms with Crippen molar-refractivity contribution in [3.8, 4) is 5.40 Å². The molecule has 1 atom stereocenters. The monoisotopic (exact) mass is 417 g/mol. The zero-order chi connectivity index (χ0) is 19.5. The average Bonchev–Trinajstić information content (AvgIpc) is 3.15. The molecule has 0 saturated carbocycles. The SMILES string of the molecule is CCOC(=O)c1sc(NC(=O)C2CCCN2S(C)(=O)=O)c(SC#N)c1C. The van der Waals surface area contributed by atoms with E-state index in [-0.39, 0.29) is 6.61 Å². The Hall–Kier alpha value is -1.61. The first kappa shape index (κ1) is 20.7. The fraction of sp³-hybridized carbons (Fsp3) is 0.533. The van der Waals surface area contributed by atoms with Gasteiger partial charge in [-0.15, -0.1) is 11.3 Å². The van der Waals surface area contributed by atoms with Gasteiger partial charge < -0.3 is 10.1 Å². The highest BCUT2D eigenvalue weighted by atomic mass is 32.2. The summed E-state index contributed by atoms with van der Waals surface area (Å²) >= 11 is 1.86. The van der Waals surface area contributed by atoms with Crippen LogP contribution >= 0.6 is 23.1 Å². The minimum atomic E-state index is -3.49. The molecule has 0 spiro atoms. The van der Waals surface area contributed by atoms with E-state index in [1.807, 2.05) is 5.40 Å². The van der Waals surface area contributed by atoms with Crippen LogP contribution in [0.25, 0.3) is 0 Å². The number of hydrogen-bond acceptors (Lipinski definition) is 8. The lowest BCUT2D eigenvalue weighted by Gasteiger charge is -2.21. The van der Waals surface area contributed by atoms with E-state index in [9.17, 15) is 18.0 Å². The predicted octanol–water partition coefficient (Wildman–Crippen LogP) is 2.17. The number of nitrogens with zero attached hydrogens (tertiary/aromatic N) is 2. The molecule has 1 aliphatic rings. The number of hydrogen-bond donors (Lipinski definition) is 1. The molecule has 0 aliphatic carbocycles. The third kappa shape index (κ3) is 4.37. The number of carbonyl (C=O) groups excluding carboxylic acids is 2. The molecule has 11 heteroatoms. The smallest absolute Gasteiger partial charge is 0.348 e. The lowest BCUT2D eigenvalue weighted by atomic mass is 10.2. The van der Waals surface area contributed by atoms with E-state index in [1.165, 1.54) is 4.31 Å². The number of amides is 1. The highest BCUT2D eigenvalue weighted by Gasteiger charge is 2.37. The van der Waals surface area contributed by atoms with Crippen molar-refractivity contribution in [2.24, 2.45) is 0 Å². The number of carbonyl (C=O) groups is 2. The number of ether oxygens (including phenoxy) is 1. The second-order valence-electron chi connectivity index (χ2n) is 5.65. The Morgan fingerprint density at radius 2 is 2.19 bits per heavy atom. The molecule has 1 unspecified atom stereocenters. The first-order valence-electron chi connectivity index (χ1n) is 7.84. The van der Waals surface area contributed by atoms with Crippen molar-refractivity contribution in [1.29, 1.82) is 5.26 Å². The highest BCUT2D eigenvalue weighted by Crippen LogP contribution is 2.40. The molecule has 1 N–H and O–H groups in total. The molecule has 2 rings (SSSR count). The second-order valence-corrected chi connectivity index (χ2v) is 9.40. The number of anilines is 1. The van der Waals surface area contributed by atoms with Gasteiger partial charge in [-0.25, -0.2) is 13.2 Å². The molecular formula is C15H19N3O5S3. The number of esters is 1. The van der Waals surface area contributed by atoms with Gasteiger partial charge in [-0.05, 0) is 44.0 Å². The van der Waals surface area contributed by atoms with E-state index in [4.69, 9.17) is 10.00 Å². The van der Waals surface area contributed by atoms with Gasteiger partial charge in [-0.1, -0.05) is 0 Å². The van der Waals surface area contributed by atoms with Gasteiger partial charge in [-0.2, -0.15) is 9.57 Å². The Morgan fingerprint density at radius 1 is 1.50 bits per heavy atom. The van der Waals surface area contributed by atoms with Gasteiger partial charge in [0.05, 0.1) is 17.8 Å². The summed E-state index contributed by atoms with van der Waals surface area (Å²) in [5, 5.41) is 14.0. The number of thiophene rings is 1. The standard InChI is InChI=1S/C15H19N3O5S3/c1-4-23-15(20)12-9(2)11(24-8-16)14(25-12)17-13(19)10-6-5-7-18(10)26(3,21)22/h10H,4-7H2,1-3H3,(H,17,19). The highest BCUT2D eigenvalue weighted by molar-refractivity contribution is 8.04. The Bertz CT molecular complexity index is 857. The minimum absolute atomic E-state index is 0.212. The molecule has 0 radical (unpaired) electrons. The molecule has 1 aromatic heterocycles. The van der Waals surface area contributed by atoms with E-state index in [0.29, 0.717) is 39.7 Å². The molecule has 1 aliphatic heterocycles. The van der Waals surface area contributed by atoms with Gasteiger partial charge in [0.25, 0.3) is 0 Å². The second kappa shape index (κ2) is 8.39. The lowest BCUT2D eigenvalue weighted by molar-refractivity contribution is -0.119. The molecule has 1 fully saturated rings. The summed E-state index contributed by atoms with van der Waals surface area (Å²) in [7, 11) is -3.49. The number of rotatable bonds is 6. The van der Waals surface area contributed by atoms with E-state index in [2.05, 4.69) is 5.32 Å². The summed E-state index contributed by atoms with van der Waals surface area (Å²) in [6.45, 7) is 3.88. The third-order valence-electron chi connectivity index (χ3n) is 3.87. The van der Waals surface area contributed by atoms with Crippen LogP contribution in [0.4, 0.5) is 5.00 Å². The number of nitrogens with one attached hydrogen (secondary N) is 1. The van der Waals surface area contributed by atoms with Crippen molar-refractivity contribution in [2.45, 2.75) is 37.6 Å². The lowest BCUT2D eigenvalue weighted by Crippen LogP contribution is -2.42. The topological polar surface area (TPSA) is 117 Å². The molecule has 2 heterocycles. The quantitative estimate of drug-likeness (QED) is 0.428. The van der Waals surface area contributed by atoms with Crippen LogP contribution in [0.2, 0.25) is 0 Å². The summed E-state index contributed by atoms with van der Waals surface area (Å²) in [5.74, 6) is -0.988. The molecule has 1 aromatic rings. The number of sulfonamides is 1. The van der Waals surface area contributed by atoms with Gasteiger partial charge in [0.2, 0.25) is 15.9 Å². The van der Waals surface area contributed by atoms with Crippen LogP contribution in [-0.4, -0.2) is 50.0 Å². The van der Waals surface area contributed by atoms with Gasteiger partial charge >= 0.3 is 5.97 Å². The Morgan fingerprint density at radius 3 is 2.77 bits per heavy atom. The van der Waals surface area contributed by atoms with E-state index in [0.717, 1.165) is 29.4 Å². The van der Waals surface area contributed by atoms with E-state index in [1.54, 1.807) is 13.8 Å². The van der Waals surface area contributed by atoms with Crippen molar-refractivity contribution in [2.75, 3.05) is 24.7 Å². The van der Waals surface area contributed by atoms with Gasteiger partial charge in [-0.3, -0.25) is 4.79 Å². The maximum absolute atomic E-state index is 12.6. The molecule has 142 valence electrons. The van der Waals surface area contributed by atoms with Crippen molar-refractivity contribution in [3.05, 3.63) is 10.4 Å². The van der Waals surface area contributed by atoms with Crippen LogP contribution in [0.15, 0.2) is 4.90 Å². The molecule has 8 nitrogen and oxygen atoms in total. The molecule has 26 heavy (non-hydrogen) atoms. The van der Waals surface area contributed by atoms with Crippen molar-refractivity contribution in [3.63, 3.8) is 0 Å². The van der Waals surface area contributed by atoms with Crippen LogP contribution in [0, 0.1) is 17.6 Å². The van der Waals surface area contributed by atoms with Crippen molar-refractivity contribution >= 4 is 50.0 Å². The zero-order valence-electron chi connectivity index (χ0n) is 14.6. The largest absolute Gasteiger partial charge is 0.462 e. The molecule has 1 saturated heterocycles. The van der Waals surface area contributed by atoms with Gasteiger partial charge in [0.1, 0.15) is 21.3 Å². The minimum Gasteiger partial charge on any atom is -0.462 e. The van der Waals surface area contributed by atoms with E-state index >= 15 is 0 Å². The first-order valence-corrected chi connectivity index (χ1v) is 11.3. The van der Waals surface area contributed by atoms with Crippen molar-refractivity contribution in [1.82, 2.24) is 4.31 Å². The van der Waals surface area contributed by atoms with Gasteiger partial charge in [0, 0.05) is 6.54 Å². The van der Waals surface area contributed by atoms with Crippen molar-refractivity contribution < 1.29 is 22.7 Å². The Balaban J connectivity index is 2.30. The molecule has 0 aromatic carbocycles. The number of thioether (sulfide) groups is 1. The Kier molecular flexibility index (Phi) is 6.68. The van der Waals surface area contributed by atoms with Gasteiger partial charge in [0.15, 0.2) is 0 Å². The normalized spacial score (nSPS) is 17.7. The molecule has 1 amide bonds. The molecule has 0 bridgehead atoms. The zero-order valence-corrected chi connectivity index (χ0v) is 17.0. The predicted molar refractivity (Wildman–Crippen MR) is 99.7 cm³/mol. The maximum atomic E-state index is 12.6. The Labute approximate surface area is 160 Å². The van der Waals surface area contributed by atoms with Crippen LogP contribution in [0.1, 0.15) is 35.0 Å². The van der Waals surface area contributed by atoms with Crippen LogP contribution < -0.4 is 5.32 Å². The summed E-state index contributed by atoms with van der Waals surface area (Å²) < 4.78 is 29.8. The summed E-state index contributed by atoms with van der Waals surface area (Å²) in [5.41, 5.74) is 0.557. The van der Waals surface area contributed by atoms with Crippen LogP contribution in [-0.2, 0) is 19.6 Å². The fourth-order valence-corrected chi connectivity index (χ4v) is 5.66. The summed E-state index contributed by atoms with van der Waals surface area (Å²) in [6.07, 6.45) is 2.10. The average molecular weight is 418 g/mol. The van der Waals surface area contributed by atoms with Crippen LogP contribution in [0.5, 0.6) is 0 Å². The third-order valence-corrected chi connectivity index (χ3v) is 7.28. The maximum Gasteiger partial charge on any atom is 0.348 e. The summed E-state index contributed by atoms with van der Waals surface area (Å²) in [6, 6.07) is -0.793.